The summed E-state index contributed by atoms with van der Waals surface area (Å²) in [5.74, 6) is 0.694. The molecule has 1 atom stereocenters. The van der Waals surface area contributed by atoms with Crippen molar-refractivity contribution in [2.24, 2.45) is 5.73 Å². The van der Waals surface area contributed by atoms with Crippen molar-refractivity contribution in [2.75, 3.05) is 25.1 Å². The minimum absolute atomic E-state index is 0.263. The second-order valence-electron chi connectivity index (χ2n) is 5.80. The van der Waals surface area contributed by atoms with E-state index in [4.69, 9.17) is 26.8 Å². The fourth-order valence-corrected chi connectivity index (χ4v) is 3.78. The summed E-state index contributed by atoms with van der Waals surface area (Å²) in [6.07, 6.45) is -0.457. The Balaban J connectivity index is 1.96. The Morgan fingerprint density at radius 3 is 2.88 bits per heavy atom. The molecule has 0 spiro atoms. The summed E-state index contributed by atoms with van der Waals surface area (Å²) < 4.78 is 24.8. The van der Waals surface area contributed by atoms with E-state index < -0.39 is 11.9 Å². The van der Waals surface area contributed by atoms with Crippen molar-refractivity contribution in [3.8, 4) is 16.9 Å². The van der Waals surface area contributed by atoms with Gasteiger partial charge in [-0.3, -0.25) is 0 Å². The van der Waals surface area contributed by atoms with Gasteiger partial charge in [0.15, 0.2) is 0 Å². The second-order valence-corrected chi connectivity index (χ2v) is 7.04. The number of anilines is 1. The number of amides is 1. The summed E-state index contributed by atoms with van der Waals surface area (Å²) in [5, 5.41) is 0.263. The van der Waals surface area contributed by atoms with Crippen molar-refractivity contribution in [1.82, 2.24) is 4.98 Å². The zero-order chi connectivity index (χ0) is 18.8. The maximum Gasteiger partial charge on any atom is 0.404 e. The minimum Gasteiger partial charge on any atom is -0.495 e. The van der Waals surface area contributed by atoms with Gasteiger partial charge >= 0.3 is 6.09 Å². The highest BCUT2D eigenvalue weighted by atomic mass is 79.9. The summed E-state index contributed by atoms with van der Waals surface area (Å²) in [6, 6.07) is 6.14. The number of hydrogen-bond acceptors (Lipinski definition) is 5. The van der Waals surface area contributed by atoms with Crippen molar-refractivity contribution in [2.45, 2.75) is 12.5 Å². The summed E-state index contributed by atoms with van der Waals surface area (Å²) in [5.41, 5.74) is 6.28. The molecule has 2 heterocycles. The largest absolute Gasteiger partial charge is 0.495 e. The molecule has 2 aromatic rings. The zero-order valence-electron chi connectivity index (χ0n) is 13.8. The number of benzene rings is 1. The average molecular weight is 445 g/mol. The number of ether oxygens (including phenoxy) is 2. The maximum atomic E-state index is 13.9. The van der Waals surface area contributed by atoms with Crippen LogP contribution in [0.1, 0.15) is 6.42 Å². The molecule has 26 heavy (non-hydrogen) atoms. The third kappa shape index (κ3) is 4.02. The molecule has 6 nitrogen and oxygen atoms in total. The lowest BCUT2D eigenvalue weighted by molar-refractivity contribution is 0.117. The number of rotatable bonds is 4. The molecular formula is C17H16BrClFN3O3. The van der Waals surface area contributed by atoms with Gasteiger partial charge < -0.3 is 20.1 Å². The number of nitrogens with zero attached hydrogens (tertiary/aromatic N) is 2. The molecular weight excluding hydrogens is 429 g/mol. The predicted octanol–water partition coefficient (Wildman–Crippen LogP) is 3.99. The number of primary amides is 1. The lowest BCUT2D eigenvalue weighted by atomic mass is 10.1. The van der Waals surface area contributed by atoms with E-state index >= 15 is 0 Å². The van der Waals surface area contributed by atoms with Crippen molar-refractivity contribution in [3.63, 3.8) is 0 Å². The average Bonchev–Trinajstić information content (AvgIpc) is 3.01. The highest BCUT2D eigenvalue weighted by Gasteiger charge is 2.26. The number of pyridine rings is 1. The van der Waals surface area contributed by atoms with Crippen molar-refractivity contribution in [3.05, 3.63) is 39.7 Å². The molecule has 1 aliphatic heterocycles. The smallest absolute Gasteiger partial charge is 0.404 e. The van der Waals surface area contributed by atoms with Gasteiger partial charge in [0, 0.05) is 18.5 Å². The van der Waals surface area contributed by atoms with Gasteiger partial charge in [-0.15, -0.1) is 0 Å². The molecule has 1 aromatic heterocycles. The Morgan fingerprint density at radius 2 is 2.19 bits per heavy atom. The Morgan fingerprint density at radius 1 is 1.42 bits per heavy atom. The third-order valence-corrected chi connectivity index (χ3v) is 4.84. The van der Waals surface area contributed by atoms with Crippen LogP contribution in [0.5, 0.6) is 5.75 Å². The summed E-state index contributed by atoms with van der Waals surface area (Å²) in [6.45, 7) is 1.09. The zero-order valence-corrected chi connectivity index (χ0v) is 16.2. The minimum atomic E-state index is -0.800. The quantitative estimate of drug-likeness (QED) is 0.722. The topological polar surface area (TPSA) is 77.7 Å². The van der Waals surface area contributed by atoms with Crippen LogP contribution in [0.15, 0.2) is 28.7 Å². The van der Waals surface area contributed by atoms with Gasteiger partial charge in [-0.2, -0.15) is 0 Å². The first-order valence-corrected chi connectivity index (χ1v) is 8.96. The lowest BCUT2D eigenvalue weighted by Crippen LogP contribution is -2.27. The molecule has 1 unspecified atom stereocenters. The molecule has 0 saturated carbocycles. The van der Waals surface area contributed by atoms with E-state index in [1.165, 1.54) is 19.2 Å². The summed E-state index contributed by atoms with van der Waals surface area (Å²) in [4.78, 5) is 17.2. The van der Waals surface area contributed by atoms with E-state index in [0.717, 1.165) is 0 Å². The van der Waals surface area contributed by atoms with Crippen LogP contribution in [0.3, 0.4) is 0 Å². The van der Waals surface area contributed by atoms with Crippen LogP contribution < -0.4 is 15.4 Å². The number of halogens is 3. The van der Waals surface area contributed by atoms with E-state index in [1.54, 1.807) is 12.1 Å². The molecule has 2 N–H and O–H groups in total. The van der Waals surface area contributed by atoms with Crippen LogP contribution in [-0.4, -0.2) is 37.4 Å². The van der Waals surface area contributed by atoms with Crippen molar-refractivity contribution in [1.29, 1.82) is 0 Å². The van der Waals surface area contributed by atoms with Crippen LogP contribution in [0, 0.1) is 5.82 Å². The first-order chi connectivity index (χ1) is 12.4. The molecule has 1 saturated heterocycles. The Bertz CT molecular complexity index is 852. The van der Waals surface area contributed by atoms with Crippen molar-refractivity contribution < 1.29 is 18.7 Å². The first kappa shape index (κ1) is 18.7. The van der Waals surface area contributed by atoms with Crippen LogP contribution in [0.4, 0.5) is 15.0 Å². The van der Waals surface area contributed by atoms with Crippen LogP contribution in [0.2, 0.25) is 5.15 Å². The van der Waals surface area contributed by atoms with Gasteiger partial charge in [0.2, 0.25) is 0 Å². The molecule has 1 fully saturated rings. The van der Waals surface area contributed by atoms with Crippen LogP contribution >= 0.6 is 27.5 Å². The molecule has 0 aliphatic carbocycles. The molecule has 1 amide bonds. The van der Waals surface area contributed by atoms with Gasteiger partial charge in [-0.05, 0) is 45.8 Å². The first-order valence-electron chi connectivity index (χ1n) is 7.79. The monoisotopic (exact) mass is 443 g/mol. The summed E-state index contributed by atoms with van der Waals surface area (Å²) >= 11 is 9.49. The fourth-order valence-electron chi connectivity index (χ4n) is 2.98. The predicted molar refractivity (Wildman–Crippen MR) is 100 cm³/mol. The molecule has 9 heteroatoms. The Kier molecular flexibility index (Phi) is 5.52. The molecule has 3 rings (SSSR count). The standard InChI is InChI=1S/C17H16BrClFN3O3/c1-25-16-12(6-10(20)7-13(16)18)9-4-14(19)22-15(5-9)23-3-2-11(8-23)26-17(21)24/h4-7,11H,2-3,8H2,1H3,(H2,21,24). The highest BCUT2D eigenvalue weighted by molar-refractivity contribution is 9.10. The van der Waals surface area contributed by atoms with Gasteiger partial charge in [0.05, 0.1) is 18.1 Å². The lowest BCUT2D eigenvalue weighted by Gasteiger charge is -2.19. The molecule has 0 bridgehead atoms. The fraction of sp³-hybridized carbons (Fsp3) is 0.294. The number of methoxy groups -OCH3 is 1. The third-order valence-electron chi connectivity index (χ3n) is 4.06. The van der Waals surface area contributed by atoms with E-state index in [2.05, 4.69) is 20.9 Å². The van der Waals surface area contributed by atoms with Gasteiger partial charge in [-0.25, -0.2) is 14.2 Å². The SMILES string of the molecule is COc1c(Br)cc(F)cc1-c1cc(Cl)nc(N2CCC(OC(N)=O)C2)c1. The van der Waals surface area contributed by atoms with E-state index in [9.17, 15) is 9.18 Å². The molecule has 1 aliphatic rings. The molecule has 138 valence electrons. The highest BCUT2D eigenvalue weighted by Crippen LogP contribution is 2.39. The number of carbonyl (C=O) groups excluding carboxylic acids is 1. The normalized spacial score (nSPS) is 16.6. The van der Waals surface area contributed by atoms with Gasteiger partial charge in [0.1, 0.15) is 28.6 Å². The maximum absolute atomic E-state index is 13.9. The van der Waals surface area contributed by atoms with Gasteiger partial charge in [0.25, 0.3) is 0 Å². The second kappa shape index (κ2) is 7.67. The van der Waals surface area contributed by atoms with Gasteiger partial charge in [-0.1, -0.05) is 11.6 Å². The Hall–Kier alpha value is -2.06. The van der Waals surface area contributed by atoms with E-state index in [0.29, 0.717) is 46.7 Å². The number of hydrogen-bond donors (Lipinski definition) is 1. The Labute approximate surface area is 163 Å². The number of carbonyl (C=O) groups is 1. The van der Waals surface area contributed by atoms with E-state index in [1.807, 2.05) is 4.90 Å². The van der Waals surface area contributed by atoms with Crippen molar-refractivity contribution >= 4 is 39.4 Å². The number of aromatic nitrogens is 1. The molecule has 0 radical (unpaired) electrons. The number of nitrogens with two attached hydrogens (primary N) is 1. The van der Waals surface area contributed by atoms with Crippen LogP contribution in [0.25, 0.3) is 11.1 Å². The summed E-state index contributed by atoms with van der Waals surface area (Å²) in [7, 11) is 1.51. The molecule has 1 aromatic carbocycles. The van der Waals surface area contributed by atoms with E-state index in [-0.39, 0.29) is 11.3 Å². The van der Waals surface area contributed by atoms with Crippen LogP contribution in [-0.2, 0) is 4.74 Å².